The molecule has 10 heteroatoms. The number of likely N-dealkylation sites (tertiary alicyclic amines) is 1. The molecule has 2 fully saturated rings. The standard InChI is InChI=1S/C22H32N2O4.C17H24N2O2/c1-22(2,3)28-21(27)24-14-11-18(12-15-24)19(25)10-7-13-23-16-20(26)17-8-5-4-6-9-17;20-16(15-8-11-18-12-9-15)7-4-10-19-13-17(21)14-5-2-1-3-6-14/h4-6,8-9,18,23H,7,10-16H2,1-3H3;1-3,5-6,15,18-19H,4,7-13H2. The van der Waals surface area contributed by atoms with Crippen molar-refractivity contribution in [3.8, 4) is 0 Å². The number of carbonyl (C=O) groups excluding carboxylic acids is 5. The molecule has 3 N–H and O–H groups in total. The Balaban J connectivity index is 0.000000276. The highest BCUT2D eigenvalue weighted by Gasteiger charge is 2.29. The first-order valence-corrected chi connectivity index (χ1v) is 17.9. The second kappa shape index (κ2) is 21.4. The highest BCUT2D eigenvalue weighted by Crippen LogP contribution is 2.22. The van der Waals surface area contributed by atoms with Gasteiger partial charge in [-0.1, -0.05) is 60.7 Å². The summed E-state index contributed by atoms with van der Waals surface area (Å²) in [6, 6.07) is 18.5. The largest absolute Gasteiger partial charge is 0.444 e. The zero-order valence-electron chi connectivity index (χ0n) is 29.6. The summed E-state index contributed by atoms with van der Waals surface area (Å²) in [6.45, 7) is 10.6. The van der Waals surface area contributed by atoms with Crippen LogP contribution < -0.4 is 16.0 Å². The summed E-state index contributed by atoms with van der Waals surface area (Å²) in [4.78, 5) is 62.0. The highest BCUT2D eigenvalue weighted by atomic mass is 16.6. The molecule has 1 amide bonds. The number of hydrogen-bond acceptors (Lipinski definition) is 9. The van der Waals surface area contributed by atoms with Crippen LogP contribution in [0.15, 0.2) is 60.7 Å². The second-order valence-electron chi connectivity index (χ2n) is 13.8. The number of benzene rings is 2. The van der Waals surface area contributed by atoms with Crippen LogP contribution in [0.1, 0.15) is 92.9 Å². The average molecular weight is 677 g/mol. The first-order chi connectivity index (χ1) is 23.5. The Labute approximate surface area is 292 Å². The van der Waals surface area contributed by atoms with E-state index >= 15 is 0 Å². The molecule has 49 heavy (non-hydrogen) atoms. The molecule has 0 aromatic heterocycles. The molecule has 0 saturated carbocycles. The van der Waals surface area contributed by atoms with Crippen molar-refractivity contribution in [3.63, 3.8) is 0 Å². The van der Waals surface area contributed by atoms with Gasteiger partial charge in [-0.15, -0.1) is 0 Å². The van der Waals surface area contributed by atoms with Crippen LogP contribution in [0.4, 0.5) is 4.79 Å². The lowest BCUT2D eigenvalue weighted by atomic mass is 9.90. The molecule has 2 aliphatic heterocycles. The van der Waals surface area contributed by atoms with E-state index in [0.717, 1.165) is 44.5 Å². The Morgan fingerprint density at radius 2 is 1.12 bits per heavy atom. The molecule has 2 heterocycles. The predicted molar refractivity (Wildman–Crippen MR) is 192 cm³/mol. The van der Waals surface area contributed by atoms with Crippen LogP contribution in [0.5, 0.6) is 0 Å². The van der Waals surface area contributed by atoms with Crippen molar-refractivity contribution in [1.82, 2.24) is 20.9 Å². The zero-order chi connectivity index (χ0) is 35.5. The third kappa shape index (κ3) is 15.6. The van der Waals surface area contributed by atoms with Gasteiger partial charge in [0.05, 0.1) is 13.1 Å². The molecule has 0 radical (unpaired) electrons. The summed E-state index contributed by atoms with van der Waals surface area (Å²) in [5, 5.41) is 9.51. The molecule has 4 rings (SSSR count). The molecular weight excluding hydrogens is 620 g/mol. The first-order valence-electron chi connectivity index (χ1n) is 17.9. The van der Waals surface area contributed by atoms with E-state index in [-0.39, 0.29) is 41.8 Å². The number of piperidine rings is 2. The fourth-order valence-electron chi connectivity index (χ4n) is 5.89. The number of carbonyl (C=O) groups is 5. The van der Waals surface area contributed by atoms with Crippen LogP contribution in [0.25, 0.3) is 0 Å². The van der Waals surface area contributed by atoms with Crippen LogP contribution in [-0.4, -0.2) is 92.1 Å². The Bertz CT molecular complexity index is 1310. The third-order valence-corrected chi connectivity index (χ3v) is 8.71. The van der Waals surface area contributed by atoms with E-state index in [1.165, 1.54) is 0 Å². The van der Waals surface area contributed by atoms with E-state index in [0.29, 0.717) is 69.6 Å². The van der Waals surface area contributed by atoms with Crippen molar-refractivity contribution < 1.29 is 28.7 Å². The average Bonchev–Trinajstić information content (AvgIpc) is 3.11. The number of ether oxygens (including phenoxy) is 1. The maximum atomic E-state index is 12.4. The van der Waals surface area contributed by atoms with Gasteiger partial charge in [0.1, 0.15) is 17.2 Å². The lowest BCUT2D eigenvalue weighted by molar-refractivity contribution is -0.124. The third-order valence-electron chi connectivity index (χ3n) is 8.71. The topological polar surface area (TPSA) is 134 Å². The smallest absolute Gasteiger partial charge is 0.410 e. The SMILES string of the molecule is CC(C)(C)OC(=O)N1CCC(C(=O)CCCNCC(=O)c2ccccc2)CC1.O=C(CNCCCC(=O)C1CCNCC1)c1ccccc1. The quantitative estimate of drug-likeness (QED) is 0.161. The molecule has 10 nitrogen and oxygen atoms in total. The number of Topliss-reactive ketones (excluding diaryl/α,β-unsaturated/α-hetero) is 4. The minimum Gasteiger partial charge on any atom is -0.444 e. The van der Waals surface area contributed by atoms with Crippen molar-refractivity contribution in [1.29, 1.82) is 0 Å². The summed E-state index contributed by atoms with van der Waals surface area (Å²) in [6.07, 6.45) is 5.68. The molecule has 0 bridgehead atoms. The summed E-state index contributed by atoms with van der Waals surface area (Å²) in [7, 11) is 0. The van der Waals surface area contributed by atoms with Crippen LogP contribution in [0, 0.1) is 11.8 Å². The summed E-state index contributed by atoms with van der Waals surface area (Å²) < 4.78 is 5.38. The van der Waals surface area contributed by atoms with Crippen molar-refractivity contribution in [2.24, 2.45) is 11.8 Å². The Morgan fingerprint density at radius 3 is 1.55 bits per heavy atom. The molecule has 2 aliphatic rings. The Kier molecular flexibility index (Phi) is 17.3. The van der Waals surface area contributed by atoms with Crippen LogP contribution in [-0.2, 0) is 14.3 Å². The van der Waals surface area contributed by atoms with Gasteiger partial charge in [0.15, 0.2) is 11.6 Å². The van der Waals surface area contributed by atoms with Crippen molar-refractivity contribution in [2.75, 3.05) is 52.4 Å². The van der Waals surface area contributed by atoms with Crippen LogP contribution in [0.2, 0.25) is 0 Å². The predicted octanol–water partition coefficient (Wildman–Crippen LogP) is 5.26. The fourth-order valence-corrected chi connectivity index (χ4v) is 5.89. The zero-order valence-corrected chi connectivity index (χ0v) is 29.6. The molecule has 0 unspecified atom stereocenters. The van der Waals surface area contributed by atoms with Gasteiger partial charge in [0.25, 0.3) is 0 Å². The number of amides is 1. The van der Waals surface area contributed by atoms with Crippen molar-refractivity contribution >= 4 is 29.2 Å². The summed E-state index contributed by atoms with van der Waals surface area (Å²) in [5.74, 6) is 1.05. The lowest BCUT2D eigenvalue weighted by Gasteiger charge is -2.33. The molecule has 2 aromatic carbocycles. The van der Waals surface area contributed by atoms with Gasteiger partial charge in [0, 0.05) is 48.9 Å². The van der Waals surface area contributed by atoms with Gasteiger partial charge < -0.3 is 25.6 Å². The van der Waals surface area contributed by atoms with Crippen LogP contribution in [0.3, 0.4) is 0 Å². The summed E-state index contributed by atoms with van der Waals surface area (Å²) in [5.41, 5.74) is 0.928. The number of nitrogens with zero attached hydrogens (tertiary/aromatic N) is 1. The van der Waals surface area contributed by atoms with Gasteiger partial charge in [-0.05, 0) is 85.5 Å². The maximum absolute atomic E-state index is 12.4. The normalized spacial score (nSPS) is 15.5. The Hall–Kier alpha value is -3.73. The molecule has 0 atom stereocenters. The molecule has 0 spiro atoms. The molecular formula is C39H56N4O6. The fraction of sp³-hybridized carbons (Fsp3) is 0.564. The first kappa shape index (κ1) is 39.7. The van der Waals surface area contributed by atoms with E-state index in [1.807, 2.05) is 69.3 Å². The lowest BCUT2D eigenvalue weighted by Crippen LogP contribution is -2.43. The number of rotatable bonds is 16. The Morgan fingerprint density at radius 1 is 0.694 bits per heavy atom. The maximum Gasteiger partial charge on any atom is 0.410 e. The monoisotopic (exact) mass is 676 g/mol. The van der Waals surface area contributed by atoms with Crippen molar-refractivity contribution in [3.05, 3.63) is 71.8 Å². The van der Waals surface area contributed by atoms with Gasteiger partial charge in [-0.3, -0.25) is 19.2 Å². The van der Waals surface area contributed by atoms with Gasteiger partial charge in [0.2, 0.25) is 0 Å². The van der Waals surface area contributed by atoms with E-state index in [1.54, 1.807) is 17.0 Å². The second-order valence-corrected chi connectivity index (χ2v) is 13.8. The van der Waals surface area contributed by atoms with E-state index in [4.69, 9.17) is 4.74 Å². The van der Waals surface area contributed by atoms with Crippen LogP contribution >= 0.6 is 0 Å². The minimum absolute atomic E-state index is 0.0182. The van der Waals surface area contributed by atoms with Crippen molar-refractivity contribution in [2.45, 2.75) is 77.7 Å². The number of nitrogens with one attached hydrogen (secondary N) is 3. The minimum atomic E-state index is -0.501. The number of ketones is 4. The van der Waals surface area contributed by atoms with E-state index in [9.17, 15) is 24.0 Å². The molecule has 2 saturated heterocycles. The van der Waals surface area contributed by atoms with E-state index in [2.05, 4.69) is 16.0 Å². The molecule has 268 valence electrons. The van der Waals surface area contributed by atoms with Gasteiger partial charge in [-0.2, -0.15) is 0 Å². The molecule has 0 aliphatic carbocycles. The summed E-state index contributed by atoms with van der Waals surface area (Å²) >= 11 is 0. The van der Waals surface area contributed by atoms with Gasteiger partial charge in [-0.25, -0.2) is 4.79 Å². The molecule has 2 aromatic rings. The highest BCUT2D eigenvalue weighted by molar-refractivity contribution is 5.98. The van der Waals surface area contributed by atoms with E-state index < -0.39 is 5.60 Å². The van der Waals surface area contributed by atoms with Gasteiger partial charge >= 0.3 is 6.09 Å². The number of hydrogen-bond donors (Lipinski definition) is 3.